The molecule has 3 heteroatoms. The molecule has 0 amide bonds. The van der Waals surface area contributed by atoms with Crippen LogP contribution in [0.5, 0.6) is 0 Å². The zero-order valence-corrected chi connectivity index (χ0v) is 10.4. The van der Waals surface area contributed by atoms with Crippen molar-refractivity contribution in [3.8, 4) is 11.8 Å². The summed E-state index contributed by atoms with van der Waals surface area (Å²) in [5.41, 5.74) is 8.54. The van der Waals surface area contributed by atoms with Crippen molar-refractivity contribution in [3.05, 3.63) is 29.3 Å². The molecule has 2 nitrogen and oxygen atoms in total. The quantitative estimate of drug-likeness (QED) is 0.485. The Labute approximate surface area is 101 Å². The predicted octanol–water partition coefficient (Wildman–Crippen LogP) is 2.60. The highest BCUT2D eigenvalue weighted by Crippen LogP contribution is 2.11. The van der Waals surface area contributed by atoms with E-state index >= 15 is 0 Å². The van der Waals surface area contributed by atoms with E-state index in [0.29, 0.717) is 0 Å². The van der Waals surface area contributed by atoms with E-state index in [1.165, 1.54) is 11.8 Å². The molecular weight excluding hydrogens is 218 g/mol. The fourth-order valence-electron chi connectivity index (χ4n) is 1.13. The predicted molar refractivity (Wildman–Crippen MR) is 70.2 cm³/mol. The Hall–Kier alpha value is -1.40. The highest BCUT2D eigenvalue weighted by Gasteiger charge is 1.93. The van der Waals surface area contributed by atoms with E-state index in [0.717, 1.165) is 29.0 Å². The highest BCUT2D eigenvalue weighted by molar-refractivity contribution is 8.13. The van der Waals surface area contributed by atoms with Crippen LogP contribution in [-0.2, 0) is 4.79 Å². The maximum atomic E-state index is 10.7. The second-order valence-corrected chi connectivity index (χ2v) is 4.74. The Balaban J connectivity index is 2.50. The van der Waals surface area contributed by atoms with Crippen molar-refractivity contribution in [2.45, 2.75) is 20.3 Å². The van der Waals surface area contributed by atoms with Gasteiger partial charge < -0.3 is 5.73 Å². The van der Waals surface area contributed by atoms with Gasteiger partial charge in [0.15, 0.2) is 5.12 Å². The molecule has 0 aliphatic rings. The molecule has 0 fully saturated rings. The van der Waals surface area contributed by atoms with Gasteiger partial charge in [-0.1, -0.05) is 29.7 Å². The molecular formula is C13H15NOS. The minimum absolute atomic E-state index is 0.140. The smallest absolute Gasteiger partial charge is 0.185 e. The van der Waals surface area contributed by atoms with Crippen LogP contribution in [0.4, 0.5) is 5.69 Å². The summed E-state index contributed by atoms with van der Waals surface area (Å²) in [4.78, 5) is 10.7. The Morgan fingerprint density at radius 3 is 2.88 bits per heavy atom. The fraction of sp³-hybridized carbons (Fsp3) is 0.308. The number of carbonyl (C=O) groups excluding carboxylic acids is 1. The molecule has 0 aromatic heterocycles. The van der Waals surface area contributed by atoms with Crippen molar-refractivity contribution >= 4 is 22.6 Å². The van der Waals surface area contributed by atoms with E-state index in [1.807, 2.05) is 25.1 Å². The molecule has 0 radical (unpaired) electrons. The molecule has 0 saturated carbocycles. The molecule has 0 atom stereocenters. The van der Waals surface area contributed by atoms with Crippen LogP contribution in [0.2, 0.25) is 0 Å². The van der Waals surface area contributed by atoms with E-state index in [9.17, 15) is 4.79 Å². The van der Waals surface area contributed by atoms with Gasteiger partial charge in [0.2, 0.25) is 0 Å². The molecule has 0 saturated heterocycles. The first kappa shape index (κ1) is 12.7. The van der Waals surface area contributed by atoms with E-state index in [2.05, 4.69) is 11.8 Å². The molecule has 16 heavy (non-hydrogen) atoms. The number of aryl methyl sites for hydroxylation is 1. The Bertz CT molecular complexity index is 443. The van der Waals surface area contributed by atoms with Gasteiger partial charge in [0.05, 0.1) is 0 Å². The zero-order chi connectivity index (χ0) is 12.0. The summed E-state index contributed by atoms with van der Waals surface area (Å²) in [6, 6.07) is 5.79. The molecule has 0 bridgehead atoms. The van der Waals surface area contributed by atoms with Crippen LogP contribution in [0.3, 0.4) is 0 Å². The lowest BCUT2D eigenvalue weighted by atomic mass is 10.1. The number of thioether (sulfide) groups is 1. The SMILES string of the molecule is CC(=O)SCCC#Cc1ccc(C)c(N)c1. The topological polar surface area (TPSA) is 43.1 Å². The zero-order valence-electron chi connectivity index (χ0n) is 9.54. The fourth-order valence-corrected chi connectivity index (χ4v) is 1.62. The molecule has 0 aliphatic heterocycles. The van der Waals surface area contributed by atoms with Crippen molar-refractivity contribution in [2.75, 3.05) is 11.5 Å². The lowest BCUT2D eigenvalue weighted by Crippen LogP contribution is -1.89. The van der Waals surface area contributed by atoms with Crippen molar-refractivity contribution < 1.29 is 4.79 Å². The number of benzene rings is 1. The summed E-state index contributed by atoms with van der Waals surface area (Å²) in [7, 11) is 0. The molecule has 84 valence electrons. The van der Waals surface area contributed by atoms with Crippen LogP contribution < -0.4 is 5.73 Å². The summed E-state index contributed by atoms with van der Waals surface area (Å²) in [5.74, 6) is 6.81. The van der Waals surface area contributed by atoms with Crippen molar-refractivity contribution in [1.82, 2.24) is 0 Å². The number of carbonyl (C=O) groups is 1. The maximum absolute atomic E-state index is 10.7. The van der Waals surface area contributed by atoms with E-state index < -0.39 is 0 Å². The second kappa shape index (κ2) is 6.24. The summed E-state index contributed by atoms with van der Waals surface area (Å²) < 4.78 is 0. The largest absolute Gasteiger partial charge is 0.398 e. The number of rotatable bonds is 2. The Kier molecular flexibility index (Phi) is 4.94. The molecule has 0 unspecified atom stereocenters. The lowest BCUT2D eigenvalue weighted by molar-refractivity contribution is -0.109. The van der Waals surface area contributed by atoms with Gasteiger partial charge in [-0.3, -0.25) is 4.79 Å². The van der Waals surface area contributed by atoms with Crippen LogP contribution >= 0.6 is 11.8 Å². The number of hydrogen-bond donors (Lipinski definition) is 1. The van der Waals surface area contributed by atoms with Gasteiger partial charge in [-0.05, 0) is 24.6 Å². The second-order valence-electron chi connectivity index (χ2n) is 3.46. The number of nitrogens with two attached hydrogens (primary N) is 1. The number of nitrogen functional groups attached to an aromatic ring is 1. The first-order valence-corrected chi connectivity index (χ1v) is 6.06. The maximum Gasteiger partial charge on any atom is 0.185 e. The average Bonchev–Trinajstić information content (AvgIpc) is 2.22. The monoisotopic (exact) mass is 233 g/mol. The summed E-state index contributed by atoms with van der Waals surface area (Å²) in [5, 5.41) is 0.140. The van der Waals surface area contributed by atoms with Crippen LogP contribution in [0.1, 0.15) is 24.5 Å². The molecule has 1 aromatic rings. The average molecular weight is 233 g/mol. The van der Waals surface area contributed by atoms with Gasteiger partial charge in [0, 0.05) is 30.3 Å². The minimum Gasteiger partial charge on any atom is -0.398 e. The molecule has 1 rings (SSSR count). The third kappa shape index (κ3) is 4.41. The highest BCUT2D eigenvalue weighted by atomic mass is 32.2. The molecule has 2 N–H and O–H groups in total. The van der Waals surface area contributed by atoms with Gasteiger partial charge >= 0.3 is 0 Å². The van der Waals surface area contributed by atoms with Gasteiger partial charge in [0.1, 0.15) is 0 Å². The van der Waals surface area contributed by atoms with Gasteiger partial charge in [0.25, 0.3) is 0 Å². The molecule has 1 aromatic carbocycles. The van der Waals surface area contributed by atoms with Crippen LogP contribution in [-0.4, -0.2) is 10.9 Å². The summed E-state index contributed by atoms with van der Waals surface area (Å²) in [6.45, 7) is 3.54. The third-order valence-corrected chi connectivity index (χ3v) is 2.86. The van der Waals surface area contributed by atoms with E-state index in [4.69, 9.17) is 5.73 Å². The van der Waals surface area contributed by atoms with Gasteiger partial charge in [-0.15, -0.1) is 0 Å². The molecule has 0 heterocycles. The lowest BCUT2D eigenvalue weighted by Gasteiger charge is -1.98. The Morgan fingerprint density at radius 2 is 2.25 bits per heavy atom. The molecule has 0 spiro atoms. The van der Waals surface area contributed by atoms with E-state index in [-0.39, 0.29) is 5.12 Å². The minimum atomic E-state index is 0.140. The molecule has 0 aliphatic carbocycles. The van der Waals surface area contributed by atoms with E-state index in [1.54, 1.807) is 6.92 Å². The van der Waals surface area contributed by atoms with Crippen LogP contribution in [0, 0.1) is 18.8 Å². The first-order chi connectivity index (χ1) is 7.59. The number of hydrogen-bond acceptors (Lipinski definition) is 3. The third-order valence-electron chi connectivity index (χ3n) is 2.04. The van der Waals surface area contributed by atoms with Crippen molar-refractivity contribution in [1.29, 1.82) is 0 Å². The van der Waals surface area contributed by atoms with Gasteiger partial charge in [-0.25, -0.2) is 0 Å². The summed E-state index contributed by atoms with van der Waals surface area (Å²) >= 11 is 1.31. The normalized spacial score (nSPS) is 9.38. The van der Waals surface area contributed by atoms with Crippen LogP contribution in [0.25, 0.3) is 0 Å². The van der Waals surface area contributed by atoms with Gasteiger partial charge in [-0.2, -0.15) is 0 Å². The van der Waals surface area contributed by atoms with Crippen molar-refractivity contribution in [3.63, 3.8) is 0 Å². The van der Waals surface area contributed by atoms with Crippen LogP contribution in [0.15, 0.2) is 18.2 Å². The first-order valence-electron chi connectivity index (χ1n) is 5.08. The Morgan fingerprint density at radius 1 is 1.50 bits per heavy atom. The number of anilines is 1. The van der Waals surface area contributed by atoms with Crippen molar-refractivity contribution in [2.24, 2.45) is 0 Å². The summed E-state index contributed by atoms with van der Waals surface area (Å²) in [6.07, 6.45) is 0.720. The standard InChI is InChI=1S/C13H15NOS/c1-10-6-7-12(9-13(10)14)5-3-4-8-16-11(2)15/h6-7,9H,4,8,14H2,1-2H3.